The second kappa shape index (κ2) is 10.1. The largest absolute Gasteiger partial charge is 0.390 e. The zero-order valence-electron chi connectivity index (χ0n) is 18.7. The minimum absolute atomic E-state index is 0.316. The van der Waals surface area contributed by atoms with Gasteiger partial charge in [-0.2, -0.15) is 5.10 Å². The van der Waals surface area contributed by atoms with E-state index >= 15 is 0 Å². The predicted molar refractivity (Wildman–Crippen MR) is 127 cm³/mol. The Bertz CT molecular complexity index is 1070. The fraction of sp³-hybridized carbons (Fsp3) is 0.400. The van der Waals surface area contributed by atoms with E-state index < -0.39 is 6.10 Å². The summed E-state index contributed by atoms with van der Waals surface area (Å²) in [4.78, 5) is 18.6. The first-order valence-electron chi connectivity index (χ1n) is 11.3. The molecule has 1 fully saturated rings. The molecule has 2 aromatic heterocycles. The first-order chi connectivity index (χ1) is 15.5. The number of nitrogens with one attached hydrogen (secondary N) is 1. The molecule has 32 heavy (non-hydrogen) atoms. The Morgan fingerprint density at radius 2 is 1.94 bits per heavy atom. The van der Waals surface area contributed by atoms with Crippen LogP contribution in [0.1, 0.15) is 49.2 Å². The number of aromatic nitrogens is 2. The number of piperidine rings is 1. The van der Waals surface area contributed by atoms with Crippen molar-refractivity contribution in [1.29, 1.82) is 0 Å². The molecule has 1 aromatic carbocycles. The highest BCUT2D eigenvalue weighted by Gasteiger charge is 2.26. The van der Waals surface area contributed by atoms with Crippen molar-refractivity contribution in [2.45, 2.75) is 57.8 Å². The van der Waals surface area contributed by atoms with Crippen molar-refractivity contribution >= 4 is 23.0 Å². The van der Waals surface area contributed by atoms with Gasteiger partial charge in [0.05, 0.1) is 12.3 Å². The molecule has 0 bridgehead atoms. The highest BCUT2D eigenvalue weighted by molar-refractivity contribution is 6.00. The lowest BCUT2D eigenvalue weighted by Crippen LogP contribution is -2.47. The number of rotatable bonds is 7. The van der Waals surface area contributed by atoms with Crippen LogP contribution in [0.4, 0.5) is 0 Å². The lowest BCUT2D eigenvalue weighted by Gasteiger charge is -2.40. The maximum Gasteiger partial charge on any atom is 0.289 e. The maximum atomic E-state index is 12.2. The van der Waals surface area contributed by atoms with E-state index in [9.17, 15) is 9.90 Å². The molecule has 1 amide bonds. The van der Waals surface area contributed by atoms with Crippen molar-refractivity contribution in [3.05, 3.63) is 66.1 Å². The molecule has 3 heterocycles. The summed E-state index contributed by atoms with van der Waals surface area (Å²) in [6, 6.07) is 14.2. The number of carbonyl (C=O) groups is 1. The number of aliphatic hydroxyl groups excluding tert-OH is 1. The van der Waals surface area contributed by atoms with Crippen LogP contribution in [0.15, 0.2) is 60.0 Å². The van der Waals surface area contributed by atoms with Gasteiger partial charge in [0, 0.05) is 54.0 Å². The minimum Gasteiger partial charge on any atom is -0.390 e. The Labute approximate surface area is 188 Å². The monoisotopic (exact) mass is 433 g/mol. The number of hydrazone groups is 1. The lowest BCUT2D eigenvalue weighted by molar-refractivity contribution is 0.0352. The van der Waals surface area contributed by atoms with E-state index in [1.165, 1.54) is 19.3 Å². The fourth-order valence-electron chi connectivity index (χ4n) is 4.61. The SMILES string of the molecule is CC1CCCC(C)N1CC(O)Cn1cc(/C=N/NC(=O)c2ccccn2)c2ccccc21. The van der Waals surface area contributed by atoms with Gasteiger partial charge in [-0.1, -0.05) is 30.7 Å². The van der Waals surface area contributed by atoms with Crippen molar-refractivity contribution in [3.8, 4) is 0 Å². The van der Waals surface area contributed by atoms with E-state index in [0.29, 0.717) is 30.9 Å². The molecule has 3 unspecified atom stereocenters. The van der Waals surface area contributed by atoms with Gasteiger partial charge in [0.1, 0.15) is 5.69 Å². The van der Waals surface area contributed by atoms with Crippen LogP contribution < -0.4 is 5.43 Å². The molecule has 168 valence electrons. The second-order valence-corrected chi connectivity index (χ2v) is 8.65. The highest BCUT2D eigenvalue weighted by atomic mass is 16.3. The number of hydrogen-bond donors (Lipinski definition) is 2. The van der Waals surface area contributed by atoms with Gasteiger partial charge < -0.3 is 9.67 Å². The van der Waals surface area contributed by atoms with Crippen molar-refractivity contribution in [3.63, 3.8) is 0 Å². The third-order valence-corrected chi connectivity index (χ3v) is 6.29. The zero-order valence-corrected chi connectivity index (χ0v) is 18.7. The summed E-state index contributed by atoms with van der Waals surface area (Å²) in [5.41, 5.74) is 4.76. The molecule has 3 atom stereocenters. The molecule has 1 aliphatic heterocycles. The summed E-state index contributed by atoms with van der Waals surface area (Å²) in [7, 11) is 0. The molecule has 0 radical (unpaired) electrons. The normalized spacial score (nSPS) is 20.6. The predicted octanol–water partition coefficient (Wildman–Crippen LogP) is 3.42. The van der Waals surface area contributed by atoms with E-state index in [1.807, 2.05) is 30.5 Å². The average molecular weight is 434 g/mol. The van der Waals surface area contributed by atoms with Crippen LogP contribution in [-0.4, -0.2) is 56.4 Å². The van der Waals surface area contributed by atoms with Crippen LogP contribution >= 0.6 is 0 Å². The number of benzene rings is 1. The molecule has 7 nitrogen and oxygen atoms in total. The molecule has 0 saturated carbocycles. The number of fused-ring (bicyclic) bond motifs is 1. The van der Waals surface area contributed by atoms with Crippen molar-refractivity contribution < 1.29 is 9.90 Å². The van der Waals surface area contributed by atoms with Gasteiger partial charge in [0.2, 0.25) is 0 Å². The van der Waals surface area contributed by atoms with Gasteiger partial charge in [0.15, 0.2) is 0 Å². The third kappa shape index (κ3) is 5.06. The number of hydrogen-bond acceptors (Lipinski definition) is 5. The van der Waals surface area contributed by atoms with E-state index in [0.717, 1.165) is 16.5 Å². The molecule has 4 rings (SSSR count). The van der Waals surface area contributed by atoms with Crippen LogP contribution in [0.3, 0.4) is 0 Å². The number of pyridine rings is 1. The van der Waals surface area contributed by atoms with Crippen LogP contribution in [0.25, 0.3) is 10.9 Å². The summed E-state index contributed by atoms with van der Waals surface area (Å²) in [6.45, 7) is 5.67. The zero-order chi connectivity index (χ0) is 22.5. The van der Waals surface area contributed by atoms with Crippen molar-refractivity contribution in [2.24, 2.45) is 5.10 Å². The molecular formula is C25H31N5O2. The van der Waals surface area contributed by atoms with Gasteiger partial charge in [-0.15, -0.1) is 0 Å². The second-order valence-electron chi connectivity index (χ2n) is 8.65. The fourth-order valence-corrected chi connectivity index (χ4v) is 4.61. The summed E-state index contributed by atoms with van der Waals surface area (Å²) in [5, 5.41) is 16.0. The Morgan fingerprint density at radius 3 is 2.69 bits per heavy atom. The average Bonchev–Trinajstić information content (AvgIpc) is 3.14. The lowest BCUT2D eigenvalue weighted by atomic mass is 9.97. The number of likely N-dealkylation sites (tertiary alicyclic amines) is 1. The van der Waals surface area contributed by atoms with Gasteiger partial charge >= 0.3 is 0 Å². The summed E-state index contributed by atoms with van der Waals surface area (Å²) in [6.07, 6.45) is 8.36. The van der Waals surface area contributed by atoms with Gasteiger partial charge in [-0.3, -0.25) is 14.7 Å². The van der Waals surface area contributed by atoms with E-state index in [1.54, 1.807) is 30.6 Å². The summed E-state index contributed by atoms with van der Waals surface area (Å²) >= 11 is 0. The number of para-hydroxylation sites is 1. The van der Waals surface area contributed by atoms with Gasteiger partial charge in [-0.25, -0.2) is 5.43 Å². The molecule has 1 saturated heterocycles. The molecule has 0 spiro atoms. The highest BCUT2D eigenvalue weighted by Crippen LogP contribution is 2.24. The minimum atomic E-state index is -0.470. The standard InChI is InChI=1S/C25H31N5O2/c1-18-8-7-9-19(2)30(18)17-21(31)16-29-15-20(22-10-3-4-12-24(22)29)14-27-28-25(32)23-11-5-6-13-26-23/h3-6,10-15,18-19,21,31H,7-9,16-17H2,1-2H3,(H,28,32)/b27-14+. The van der Waals surface area contributed by atoms with Crippen LogP contribution in [-0.2, 0) is 6.54 Å². The Hall–Kier alpha value is -3.03. The van der Waals surface area contributed by atoms with E-state index in [4.69, 9.17) is 0 Å². The number of aliphatic hydroxyl groups is 1. The number of carbonyl (C=O) groups excluding carboxylic acids is 1. The summed E-state index contributed by atoms with van der Waals surface area (Å²) < 4.78 is 2.07. The maximum absolute atomic E-state index is 12.2. The molecule has 7 heteroatoms. The van der Waals surface area contributed by atoms with Crippen molar-refractivity contribution in [1.82, 2.24) is 19.9 Å². The number of amides is 1. The smallest absolute Gasteiger partial charge is 0.289 e. The number of β-amino-alcohol motifs (C(OH)–C–C–N with tert-alkyl or cyclic N) is 1. The Morgan fingerprint density at radius 1 is 1.19 bits per heavy atom. The topological polar surface area (TPSA) is 82.8 Å². The van der Waals surface area contributed by atoms with Gasteiger partial charge in [0.25, 0.3) is 5.91 Å². The van der Waals surface area contributed by atoms with Gasteiger partial charge in [-0.05, 0) is 44.9 Å². The number of nitrogens with zero attached hydrogens (tertiary/aromatic N) is 4. The molecular weight excluding hydrogens is 402 g/mol. The van der Waals surface area contributed by atoms with Crippen molar-refractivity contribution in [2.75, 3.05) is 6.54 Å². The van der Waals surface area contributed by atoms with Crippen LogP contribution in [0, 0.1) is 0 Å². The quantitative estimate of drug-likeness (QED) is 0.442. The van der Waals surface area contributed by atoms with Crippen LogP contribution in [0.5, 0.6) is 0 Å². The van der Waals surface area contributed by atoms with Crippen LogP contribution in [0.2, 0.25) is 0 Å². The molecule has 0 aliphatic carbocycles. The van der Waals surface area contributed by atoms with E-state index in [-0.39, 0.29) is 5.91 Å². The Balaban J connectivity index is 1.47. The third-order valence-electron chi connectivity index (χ3n) is 6.29. The van der Waals surface area contributed by atoms with E-state index in [2.05, 4.69) is 38.8 Å². The first-order valence-corrected chi connectivity index (χ1v) is 11.3. The first kappa shape index (κ1) is 22.2. The molecule has 1 aliphatic rings. The molecule has 3 aromatic rings. The molecule has 2 N–H and O–H groups in total. The summed E-state index contributed by atoms with van der Waals surface area (Å²) in [5.74, 6) is -0.356. The Kier molecular flexibility index (Phi) is 6.97.